The fraction of sp³-hybridized carbons (Fsp3) is 0.267. The van der Waals surface area contributed by atoms with Gasteiger partial charge < -0.3 is 0 Å². The van der Waals surface area contributed by atoms with Crippen LogP contribution in [0.25, 0.3) is 10.9 Å². The first kappa shape index (κ1) is 15.9. The number of hydrogen-bond donors (Lipinski definition) is 1. The molecule has 1 aliphatic heterocycles. The van der Waals surface area contributed by atoms with E-state index in [1.807, 2.05) is 0 Å². The van der Waals surface area contributed by atoms with Crippen LogP contribution >= 0.6 is 15.9 Å². The van der Waals surface area contributed by atoms with Crippen molar-refractivity contribution < 1.29 is 22.8 Å². The van der Waals surface area contributed by atoms with Gasteiger partial charge in [0.2, 0.25) is 11.8 Å². The number of hydrogen-bond acceptors (Lipinski definition) is 3. The van der Waals surface area contributed by atoms with Crippen molar-refractivity contribution in [1.82, 2.24) is 10.3 Å². The van der Waals surface area contributed by atoms with Gasteiger partial charge in [-0.15, -0.1) is 0 Å². The Labute approximate surface area is 137 Å². The molecule has 23 heavy (non-hydrogen) atoms. The number of fused-ring (bicyclic) bond motifs is 1. The van der Waals surface area contributed by atoms with E-state index in [-0.39, 0.29) is 23.9 Å². The fourth-order valence-corrected chi connectivity index (χ4v) is 3.03. The van der Waals surface area contributed by atoms with Crippen molar-refractivity contribution in [3.8, 4) is 0 Å². The second kappa shape index (κ2) is 5.59. The van der Waals surface area contributed by atoms with E-state index in [9.17, 15) is 22.8 Å². The average Bonchev–Trinajstić information content (AvgIpc) is 2.45. The van der Waals surface area contributed by atoms with Crippen LogP contribution in [-0.4, -0.2) is 16.8 Å². The van der Waals surface area contributed by atoms with Crippen molar-refractivity contribution >= 4 is 38.6 Å². The maximum atomic E-state index is 13.3. The summed E-state index contributed by atoms with van der Waals surface area (Å²) in [4.78, 5) is 26.9. The SMILES string of the molecule is O=C1CCC(c2cc3cc(Br)ccc3nc2C(F)(F)F)C(=O)N1. The van der Waals surface area contributed by atoms with Gasteiger partial charge >= 0.3 is 6.18 Å². The van der Waals surface area contributed by atoms with Crippen LogP contribution in [0.15, 0.2) is 28.7 Å². The lowest BCUT2D eigenvalue weighted by atomic mass is 9.88. The van der Waals surface area contributed by atoms with Gasteiger partial charge in [0.1, 0.15) is 5.69 Å². The molecule has 2 heterocycles. The number of amides is 2. The molecule has 2 aromatic rings. The van der Waals surface area contributed by atoms with Gasteiger partial charge in [0.25, 0.3) is 0 Å². The van der Waals surface area contributed by atoms with Crippen LogP contribution in [0.3, 0.4) is 0 Å². The number of alkyl halides is 3. The first-order chi connectivity index (χ1) is 10.8. The molecule has 0 aliphatic carbocycles. The third kappa shape index (κ3) is 3.08. The van der Waals surface area contributed by atoms with E-state index >= 15 is 0 Å². The molecule has 1 aliphatic rings. The average molecular weight is 387 g/mol. The highest BCUT2D eigenvalue weighted by Crippen LogP contribution is 2.38. The van der Waals surface area contributed by atoms with Gasteiger partial charge in [-0.05, 0) is 36.2 Å². The second-order valence-corrected chi connectivity index (χ2v) is 6.18. The Hall–Kier alpha value is -1.96. The molecular weight excluding hydrogens is 377 g/mol. The van der Waals surface area contributed by atoms with E-state index in [1.165, 1.54) is 12.1 Å². The zero-order valence-electron chi connectivity index (χ0n) is 11.6. The highest BCUT2D eigenvalue weighted by molar-refractivity contribution is 9.10. The Morgan fingerprint density at radius 3 is 2.61 bits per heavy atom. The molecule has 1 saturated heterocycles. The summed E-state index contributed by atoms with van der Waals surface area (Å²) in [5.74, 6) is -2.24. The maximum absolute atomic E-state index is 13.3. The quantitative estimate of drug-likeness (QED) is 0.762. The predicted octanol–water partition coefficient (Wildman–Crippen LogP) is 3.54. The number of carbonyl (C=O) groups excluding carboxylic acids is 2. The van der Waals surface area contributed by atoms with E-state index in [2.05, 4.69) is 26.2 Å². The lowest BCUT2D eigenvalue weighted by Gasteiger charge is -2.24. The summed E-state index contributed by atoms with van der Waals surface area (Å²) in [6.07, 6.45) is -4.64. The molecule has 0 spiro atoms. The number of benzene rings is 1. The van der Waals surface area contributed by atoms with Gasteiger partial charge in [-0.1, -0.05) is 15.9 Å². The highest BCUT2D eigenvalue weighted by Gasteiger charge is 2.40. The number of halogens is 4. The summed E-state index contributed by atoms with van der Waals surface area (Å²) in [7, 11) is 0. The lowest BCUT2D eigenvalue weighted by molar-refractivity contribution is -0.142. The number of aromatic nitrogens is 1. The minimum atomic E-state index is -4.68. The Bertz CT molecular complexity index is 820. The van der Waals surface area contributed by atoms with Crippen LogP contribution in [0.4, 0.5) is 13.2 Å². The summed E-state index contributed by atoms with van der Waals surface area (Å²) in [5, 5.41) is 2.58. The molecule has 4 nitrogen and oxygen atoms in total. The molecule has 3 rings (SSSR count). The Balaban J connectivity index is 2.20. The number of imide groups is 1. The topological polar surface area (TPSA) is 59.1 Å². The summed E-state index contributed by atoms with van der Waals surface area (Å²) >= 11 is 3.26. The van der Waals surface area contributed by atoms with Crippen LogP contribution in [0, 0.1) is 0 Å². The number of piperidine rings is 1. The fourth-order valence-electron chi connectivity index (χ4n) is 2.65. The molecule has 2 amide bonds. The Kier molecular flexibility index (Phi) is 3.87. The van der Waals surface area contributed by atoms with E-state index in [0.29, 0.717) is 9.86 Å². The molecule has 1 N–H and O–H groups in total. The zero-order chi connectivity index (χ0) is 16.8. The van der Waals surface area contributed by atoms with Gasteiger partial charge in [0.05, 0.1) is 11.4 Å². The van der Waals surface area contributed by atoms with Gasteiger partial charge in [-0.3, -0.25) is 14.9 Å². The van der Waals surface area contributed by atoms with E-state index in [0.717, 1.165) is 0 Å². The zero-order valence-corrected chi connectivity index (χ0v) is 13.2. The molecular formula is C15H10BrF3N2O2. The molecule has 8 heteroatoms. The van der Waals surface area contributed by atoms with E-state index in [4.69, 9.17) is 0 Å². The molecule has 0 saturated carbocycles. The monoisotopic (exact) mass is 386 g/mol. The van der Waals surface area contributed by atoms with Gasteiger partial charge in [0, 0.05) is 16.3 Å². The summed E-state index contributed by atoms with van der Waals surface area (Å²) in [6, 6.07) is 6.04. The number of pyridine rings is 1. The van der Waals surface area contributed by atoms with Crippen LogP contribution in [-0.2, 0) is 15.8 Å². The third-order valence-corrected chi connectivity index (χ3v) is 4.18. The molecule has 1 atom stereocenters. The molecule has 1 aromatic heterocycles. The molecule has 1 fully saturated rings. The first-order valence-corrected chi connectivity index (χ1v) is 7.56. The number of carbonyl (C=O) groups is 2. The van der Waals surface area contributed by atoms with Gasteiger partial charge in [-0.25, -0.2) is 4.98 Å². The Morgan fingerprint density at radius 2 is 1.96 bits per heavy atom. The molecule has 0 bridgehead atoms. The largest absolute Gasteiger partial charge is 0.433 e. The number of rotatable bonds is 1. The maximum Gasteiger partial charge on any atom is 0.433 e. The standard InChI is InChI=1S/C15H10BrF3N2O2/c16-8-1-3-11-7(5-8)6-10(13(20-11)15(17,18)19)9-2-4-12(22)21-14(9)23/h1,3,5-6,9H,2,4H2,(H,21,22,23). The van der Waals surface area contributed by atoms with Crippen molar-refractivity contribution in [2.45, 2.75) is 24.9 Å². The van der Waals surface area contributed by atoms with Crippen molar-refractivity contribution in [2.24, 2.45) is 0 Å². The van der Waals surface area contributed by atoms with Crippen molar-refractivity contribution in [3.63, 3.8) is 0 Å². The molecule has 0 radical (unpaired) electrons. The third-order valence-electron chi connectivity index (χ3n) is 3.69. The minimum absolute atomic E-state index is 0.00419. The van der Waals surface area contributed by atoms with Crippen molar-refractivity contribution in [1.29, 1.82) is 0 Å². The second-order valence-electron chi connectivity index (χ2n) is 5.26. The van der Waals surface area contributed by atoms with Crippen LogP contribution in [0.5, 0.6) is 0 Å². The highest BCUT2D eigenvalue weighted by atomic mass is 79.9. The minimum Gasteiger partial charge on any atom is -0.296 e. The van der Waals surface area contributed by atoms with Gasteiger partial charge in [0.15, 0.2) is 0 Å². The normalized spacial score (nSPS) is 19.0. The number of nitrogens with zero attached hydrogens (tertiary/aromatic N) is 1. The van der Waals surface area contributed by atoms with Crippen LogP contribution in [0.1, 0.15) is 30.0 Å². The Morgan fingerprint density at radius 1 is 1.22 bits per heavy atom. The van der Waals surface area contributed by atoms with E-state index in [1.54, 1.807) is 12.1 Å². The smallest absolute Gasteiger partial charge is 0.296 e. The molecule has 1 aromatic carbocycles. The predicted molar refractivity (Wildman–Crippen MR) is 79.6 cm³/mol. The summed E-state index contributed by atoms with van der Waals surface area (Å²) in [5.41, 5.74) is -1.09. The summed E-state index contributed by atoms with van der Waals surface area (Å²) < 4.78 is 40.7. The lowest BCUT2D eigenvalue weighted by Crippen LogP contribution is -2.40. The van der Waals surface area contributed by atoms with Crippen molar-refractivity contribution in [2.75, 3.05) is 0 Å². The van der Waals surface area contributed by atoms with Crippen LogP contribution < -0.4 is 5.32 Å². The van der Waals surface area contributed by atoms with Crippen LogP contribution in [0.2, 0.25) is 0 Å². The van der Waals surface area contributed by atoms with E-state index < -0.39 is 29.6 Å². The summed E-state index contributed by atoms with van der Waals surface area (Å²) in [6.45, 7) is 0. The molecule has 120 valence electrons. The van der Waals surface area contributed by atoms with Gasteiger partial charge in [-0.2, -0.15) is 13.2 Å². The number of nitrogens with one attached hydrogen (secondary N) is 1. The van der Waals surface area contributed by atoms with Crippen molar-refractivity contribution in [3.05, 3.63) is 40.0 Å². The molecule has 1 unspecified atom stereocenters. The first-order valence-electron chi connectivity index (χ1n) is 6.77.